The molecule has 0 aromatic heterocycles. The molecule has 0 aliphatic rings. The Morgan fingerprint density at radius 1 is 0.323 bits per heavy atom. The van der Waals surface area contributed by atoms with Crippen LogP contribution >= 0.6 is 0 Å². The van der Waals surface area contributed by atoms with Crippen molar-refractivity contribution in [3.8, 4) is 0 Å². The molecule has 31 heavy (non-hydrogen) atoms. The monoisotopic (exact) mass is 503 g/mol. The van der Waals surface area contributed by atoms with Crippen LogP contribution in [0.2, 0.25) is 0 Å². The SMILES string of the molecule is CCCCCCCCCCCCCCCCCCCCCCCCCC[N+](C)(C)C.[Br-]. The summed E-state index contributed by atoms with van der Waals surface area (Å²) in [7, 11) is 6.91. The van der Waals surface area contributed by atoms with E-state index in [4.69, 9.17) is 0 Å². The van der Waals surface area contributed by atoms with Crippen LogP contribution in [0.1, 0.15) is 161 Å². The lowest BCUT2D eigenvalue weighted by atomic mass is 10.0. The molecule has 0 aliphatic carbocycles. The highest BCUT2D eigenvalue weighted by Gasteiger charge is 2.05. The molecule has 2 heteroatoms. The van der Waals surface area contributed by atoms with Gasteiger partial charge in [-0.2, -0.15) is 0 Å². The summed E-state index contributed by atoms with van der Waals surface area (Å²) in [5, 5.41) is 0. The molecule has 190 valence electrons. The standard InChI is InChI=1S/C29H62N.BrH/c1-5-6-7-8-9-10-11-12-13-14-15-16-17-18-19-20-21-22-23-24-25-26-27-28-29-30(2,3)4;/h5-29H2,1-4H3;1H/q+1;/p-1. The van der Waals surface area contributed by atoms with Crippen molar-refractivity contribution in [1.29, 1.82) is 0 Å². The Hall–Kier alpha value is 0.440. The summed E-state index contributed by atoms with van der Waals surface area (Å²) in [6.45, 7) is 3.64. The quantitative estimate of drug-likeness (QED) is 0.0921. The molecular formula is C29H62BrN. The van der Waals surface area contributed by atoms with E-state index < -0.39 is 0 Å². The zero-order chi connectivity index (χ0) is 22.2. The van der Waals surface area contributed by atoms with Crippen molar-refractivity contribution in [2.75, 3.05) is 27.7 Å². The zero-order valence-electron chi connectivity index (χ0n) is 22.5. The van der Waals surface area contributed by atoms with Crippen molar-refractivity contribution < 1.29 is 21.5 Å². The van der Waals surface area contributed by atoms with E-state index in [1.807, 2.05) is 0 Å². The first-order valence-electron chi connectivity index (χ1n) is 14.4. The smallest absolute Gasteiger partial charge is 0.0780 e. The molecule has 0 aromatic rings. The second-order valence-electron chi connectivity index (χ2n) is 11.1. The number of hydrogen-bond acceptors (Lipinski definition) is 0. The van der Waals surface area contributed by atoms with Crippen LogP contribution < -0.4 is 17.0 Å². The third kappa shape index (κ3) is 32.7. The normalized spacial score (nSPS) is 11.6. The van der Waals surface area contributed by atoms with E-state index in [9.17, 15) is 0 Å². The van der Waals surface area contributed by atoms with Crippen LogP contribution in [-0.4, -0.2) is 32.2 Å². The van der Waals surface area contributed by atoms with E-state index in [1.54, 1.807) is 0 Å². The molecule has 0 unspecified atom stereocenters. The first kappa shape index (κ1) is 33.6. The molecule has 0 saturated heterocycles. The molecule has 0 N–H and O–H groups in total. The number of halogens is 1. The first-order chi connectivity index (χ1) is 14.6. The second-order valence-corrected chi connectivity index (χ2v) is 11.1. The Labute approximate surface area is 209 Å². The molecule has 0 atom stereocenters. The van der Waals surface area contributed by atoms with Crippen LogP contribution in [0.15, 0.2) is 0 Å². The van der Waals surface area contributed by atoms with Gasteiger partial charge in [-0.05, 0) is 12.8 Å². The lowest BCUT2D eigenvalue weighted by Gasteiger charge is -2.23. The Morgan fingerprint density at radius 2 is 0.516 bits per heavy atom. The van der Waals surface area contributed by atoms with E-state index in [0.29, 0.717) is 0 Å². The van der Waals surface area contributed by atoms with E-state index >= 15 is 0 Å². The molecule has 0 spiro atoms. The number of nitrogens with zero attached hydrogens (tertiary/aromatic N) is 1. The maximum atomic E-state index is 2.30. The minimum atomic E-state index is 0. The van der Waals surface area contributed by atoms with Crippen LogP contribution in [0.3, 0.4) is 0 Å². The van der Waals surface area contributed by atoms with Gasteiger partial charge in [-0.3, -0.25) is 0 Å². The van der Waals surface area contributed by atoms with Crippen molar-refractivity contribution in [3.63, 3.8) is 0 Å². The molecule has 0 amide bonds. The van der Waals surface area contributed by atoms with Gasteiger partial charge in [0.05, 0.1) is 27.7 Å². The van der Waals surface area contributed by atoms with Crippen molar-refractivity contribution in [2.45, 2.75) is 161 Å². The van der Waals surface area contributed by atoms with E-state index in [0.717, 1.165) is 4.48 Å². The van der Waals surface area contributed by atoms with Gasteiger partial charge in [-0.25, -0.2) is 0 Å². The van der Waals surface area contributed by atoms with Crippen LogP contribution in [0.5, 0.6) is 0 Å². The molecule has 0 aromatic carbocycles. The van der Waals surface area contributed by atoms with Gasteiger partial charge in [0.25, 0.3) is 0 Å². The summed E-state index contributed by atoms with van der Waals surface area (Å²) in [4.78, 5) is 0. The predicted octanol–water partition coefficient (Wildman–Crippen LogP) is 7.08. The molecule has 0 saturated carbocycles. The fourth-order valence-electron chi connectivity index (χ4n) is 4.55. The average Bonchev–Trinajstić information content (AvgIpc) is 2.70. The van der Waals surface area contributed by atoms with Gasteiger partial charge in [0.15, 0.2) is 0 Å². The fraction of sp³-hybridized carbons (Fsp3) is 1.00. The van der Waals surface area contributed by atoms with Gasteiger partial charge in [-0.1, -0.05) is 148 Å². The number of hydrogen-bond donors (Lipinski definition) is 0. The minimum absolute atomic E-state index is 0. The maximum absolute atomic E-state index is 2.30. The minimum Gasteiger partial charge on any atom is -1.00 e. The Balaban J connectivity index is 0. The number of rotatable bonds is 25. The van der Waals surface area contributed by atoms with E-state index in [1.165, 1.54) is 161 Å². The number of quaternary nitrogens is 1. The van der Waals surface area contributed by atoms with Crippen LogP contribution in [0.25, 0.3) is 0 Å². The van der Waals surface area contributed by atoms with Crippen LogP contribution in [0.4, 0.5) is 0 Å². The van der Waals surface area contributed by atoms with Gasteiger partial charge in [-0.15, -0.1) is 0 Å². The molecule has 0 rings (SSSR count). The lowest BCUT2D eigenvalue weighted by Crippen LogP contribution is -3.00. The largest absolute Gasteiger partial charge is 1.00 e. The average molecular weight is 505 g/mol. The zero-order valence-corrected chi connectivity index (χ0v) is 24.1. The highest BCUT2D eigenvalue weighted by atomic mass is 79.9. The molecule has 1 nitrogen and oxygen atoms in total. The molecule has 0 heterocycles. The second kappa shape index (κ2) is 26.7. The summed E-state index contributed by atoms with van der Waals surface area (Å²) < 4.78 is 1.12. The van der Waals surface area contributed by atoms with Gasteiger partial charge >= 0.3 is 0 Å². The Kier molecular flexibility index (Phi) is 28.9. The third-order valence-electron chi connectivity index (χ3n) is 6.68. The highest BCUT2D eigenvalue weighted by molar-refractivity contribution is 4.51. The summed E-state index contributed by atoms with van der Waals surface area (Å²) in [6, 6.07) is 0. The summed E-state index contributed by atoms with van der Waals surface area (Å²) in [6.07, 6.45) is 35.3. The predicted molar refractivity (Wildman–Crippen MR) is 139 cm³/mol. The molecule has 0 bridgehead atoms. The number of unbranched alkanes of at least 4 members (excludes halogenated alkanes) is 23. The molecule has 0 fully saturated rings. The fourth-order valence-corrected chi connectivity index (χ4v) is 4.55. The highest BCUT2D eigenvalue weighted by Crippen LogP contribution is 2.15. The Bertz CT molecular complexity index is 310. The van der Waals surface area contributed by atoms with Crippen molar-refractivity contribution in [2.24, 2.45) is 0 Å². The molecule has 0 radical (unpaired) electrons. The van der Waals surface area contributed by atoms with Crippen molar-refractivity contribution >= 4 is 0 Å². The van der Waals surface area contributed by atoms with Gasteiger partial charge in [0, 0.05) is 0 Å². The van der Waals surface area contributed by atoms with E-state index in [2.05, 4.69) is 28.1 Å². The molecular weight excluding hydrogens is 442 g/mol. The summed E-state index contributed by atoms with van der Waals surface area (Å²) in [5.41, 5.74) is 0. The first-order valence-corrected chi connectivity index (χ1v) is 14.4. The Morgan fingerprint density at radius 3 is 0.710 bits per heavy atom. The van der Waals surface area contributed by atoms with Gasteiger partial charge in [0.2, 0.25) is 0 Å². The third-order valence-corrected chi connectivity index (χ3v) is 6.68. The summed E-state index contributed by atoms with van der Waals surface area (Å²) >= 11 is 0. The van der Waals surface area contributed by atoms with Gasteiger partial charge in [0.1, 0.15) is 0 Å². The lowest BCUT2D eigenvalue weighted by molar-refractivity contribution is -0.870. The van der Waals surface area contributed by atoms with Crippen molar-refractivity contribution in [1.82, 2.24) is 0 Å². The van der Waals surface area contributed by atoms with Gasteiger partial charge < -0.3 is 21.5 Å². The molecule has 0 aliphatic heterocycles. The maximum Gasteiger partial charge on any atom is 0.0780 e. The van der Waals surface area contributed by atoms with Crippen LogP contribution in [-0.2, 0) is 0 Å². The topological polar surface area (TPSA) is 0 Å². The van der Waals surface area contributed by atoms with E-state index in [-0.39, 0.29) is 17.0 Å². The van der Waals surface area contributed by atoms with Crippen molar-refractivity contribution in [3.05, 3.63) is 0 Å². The van der Waals surface area contributed by atoms with Crippen LogP contribution in [0, 0.1) is 0 Å². The summed E-state index contributed by atoms with van der Waals surface area (Å²) in [5.74, 6) is 0.